The van der Waals surface area contributed by atoms with Crippen LogP contribution in [0, 0.1) is 0 Å². The standard InChI is InChI=1S/C20H19N3O4/c1-3-25-15-8-6-7-14(11-15)19-21-18(27-22-19)12-23-16-9-4-5-10-17(16)26-13(2)20(23)24/h4-11,13H,3,12H2,1-2H3/t13-/m0/s1. The predicted octanol–water partition coefficient (Wildman–Crippen LogP) is 3.45. The monoisotopic (exact) mass is 365 g/mol. The molecule has 0 saturated heterocycles. The van der Waals surface area contributed by atoms with Gasteiger partial charge in [0.2, 0.25) is 11.7 Å². The van der Waals surface area contributed by atoms with Gasteiger partial charge in [-0.1, -0.05) is 29.4 Å². The van der Waals surface area contributed by atoms with Gasteiger partial charge in [0, 0.05) is 5.56 Å². The fourth-order valence-electron chi connectivity index (χ4n) is 2.99. The molecule has 0 radical (unpaired) electrons. The van der Waals surface area contributed by atoms with Gasteiger partial charge in [0.05, 0.1) is 12.3 Å². The van der Waals surface area contributed by atoms with Crippen LogP contribution in [0.4, 0.5) is 5.69 Å². The largest absolute Gasteiger partial charge is 0.494 e. The van der Waals surface area contributed by atoms with E-state index in [9.17, 15) is 4.79 Å². The van der Waals surface area contributed by atoms with E-state index in [-0.39, 0.29) is 12.5 Å². The molecule has 0 bridgehead atoms. The van der Waals surface area contributed by atoms with Gasteiger partial charge in [-0.3, -0.25) is 9.69 Å². The van der Waals surface area contributed by atoms with Gasteiger partial charge in [0.1, 0.15) is 18.0 Å². The normalized spacial score (nSPS) is 16.0. The maximum Gasteiger partial charge on any atom is 0.268 e. The van der Waals surface area contributed by atoms with Crippen LogP contribution >= 0.6 is 0 Å². The minimum atomic E-state index is -0.565. The molecule has 1 amide bonds. The second kappa shape index (κ2) is 7.11. The lowest BCUT2D eigenvalue weighted by Gasteiger charge is -2.31. The Hall–Kier alpha value is -3.35. The first-order valence-electron chi connectivity index (χ1n) is 8.78. The van der Waals surface area contributed by atoms with Gasteiger partial charge in [0.25, 0.3) is 5.91 Å². The highest BCUT2D eigenvalue weighted by atomic mass is 16.5. The molecule has 1 aliphatic heterocycles. The first kappa shape index (κ1) is 17.1. The fraction of sp³-hybridized carbons (Fsp3) is 0.250. The van der Waals surface area contributed by atoms with E-state index in [1.807, 2.05) is 55.5 Å². The van der Waals surface area contributed by atoms with Gasteiger partial charge < -0.3 is 14.0 Å². The Morgan fingerprint density at radius 3 is 2.89 bits per heavy atom. The van der Waals surface area contributed by atoms with Crippen molar-refractivity contribution in [2.45, 2.75) is 26.5 Å². The smallest absolute Gasteiger partial charge is 0.268 e. The Labute approximate surface area is 156 Å². The molecule has 2 heterocycles. The van der Waals surface area contributed by atoms with Crippen molar-refractivity contribution in [2.24, 2.45) is 0 Å². The number of nitrogens with zero attached hydrogens (tertiary/aromatic N) is 3. The number of para-hydroxylation sites is 2. The number of benzene rings is 2. The molecule has 3 aromatic rings. The molecular weight excluding hydrogens is 346 g/mol. The van der Waals surface area contributed by atoms with Crippen LogP contribution in [0.25, 0.3) is 11.4 Å². The van der Waals surface area contributed by atoms with Crippen LogP contribution in [0.1, 0.15) is 19.7 Å². The fourth-order valence-corrected chi connectivity index (χ4v) is 2.99. The second-order valence-electron chi connectivity index (χ2n) is 6.12. The lowest BCUT2D eigenvalue weighted by molar-refractivity contribution is -0.125. The first-order valence-corrected chi connectivity index (χ1v) is 8.78. The molecule has 27 heavy (non-hydrogen) atoms. The Morgan fingerprint density at radius 2 is 2.04 bits per heavy atom. The molecule has 0 fully saturated rings. The number of rotatable bonds is 5. The topological polar surface area (TPSA) is 77.7 Å². The summed E-state index contributed by atoms with van der Waals surface area (Å²) in [4.78, 5) is 18.6. The molecule has 0 aliphatic carbocycles. The van der Waals surface area contributed by atoms with Crippen LogP contribution in [0.15, 0.2) is 53.1 Å². The Bertz CT molecular complexity index is 969. The van der Waals surface area contributed by atoms with E-state index in [0.29, 0.717) is 29.8 Å². The van der Waals surface area contributed by atoms with Gasteiger partial charge in [-0.25, -0.2) is 0 Å². The van der Waals surface area contributed by atoms with Crippen molar-refractivity contribution >= 4 is 11.6 Å². The van der Waals surface area contributed by atoms with Crippen molar-refractivity contribution in [1.29, 1.82) is 0 Å². The third-order valence-electron chi connectivity index (χ3n) is 4.24. The SMILES string of the molecule is CCOc1cccc(-c2noc(CN3C(=O)[C@H](C)Oc4ccccc43)n2)c1. The van der Waals surface area contributed by atoms with Gasteiger partial charge in [0.15, 0.2) is 6.10 Å². The molecule has 0 unspecified atom stereocenters. The van der Waals surface area contributed by atoms with Crippen molar-refractivity contribution in [3.05, 3.63) is 54.4 Å². The highest BCUT2D eigenvalue weighted by Crippen LogP contribution is 2.34. The van der Waals surface area contributed by atoms with Gasteiger partial charge >= 0.3 is 0 Å². The molecule has 138 valence electrons. The summed E-state index contributed by atoms with van der Waals surface area (Å²) in [6, 6.07) is 14.9. The summed E-state index contributed by atoms with van der Waals surface area (Å²) in [6.07, 6.45) is -0.565. The minimum Gasteiger partial charge on any atom is -0.494 e. The summed E-state index contributed by atoms with van der Waals surface area (Å²) >= 11 is 0. The number of fused-ring (bicyclic) bond motifs is 1. The summed E-state index contributed by atoms with van der Waals surface area (Å²) in [5, 5.41) is 4.04. The van der Waals surface area contributed by atoms with E-state index >= 15 is 0 Å². The maximum atomic E-state index is 12.6. The van der Waals surface area contributed by atoms with Crippen LogP contribution in [-0.2, 0) is 11.3 Å². The van der Waals surface area contributed by atoms with Crippen LogP contribution in [-0.4, -0.2) is 28.8 Å². The van der Waals surface area contributed by atoms with E-state index in [1.54, 1.807) is 11.8 Å². The van der Waals surface area contributed by atoms with Gasteiger partial charge in [-0.15, -0.1) is 0 Å². The summed E-state index contributed by atoms with van der Waals surface area (Å²) in [6.45, 7) is 4.42. The summed E-state index contributed by atoms with van der Waals surface area (Å²) < 4.78 is 16.5. The number of hydrogen-bond acceptors (Lipinski definition) is 6. The van der Waals surface area contributed by atoms with Crippen LogP contribution in [0.3, 0.4) is 0 Å². The Kier molecular flexibility index (Phi) is 4.50. The average Bonchev–Trinajstić information content (AvgIpc) is 3.15. The number of ether oxygens (including phenoxy) is 2. The number of hydrogen-bond donors (Lipinski definition) is 0. The van der Waals surface area contributed by atoms with Gasteiger partial charge in [-0.2, -0.15) is 4.98 Å². The third kappa shape index (κ3) is 3.36. The number of anilines is 1. The molecule has 1 atom stereocenters. The van der Waals surface area contributed by atoms with Crippen molar-refractivity contribution in [2.75, 3.05) is 11.5 Å². The molecule has 1 aromatic heterocycles. The minimum absolute atomic E-state index is 0.146. The molecular formula is C20H19N3O4. The van der Waals surface area contributed by atoms with Gasteiger partial charge in [-0.05, 0) is 38.1 Å². The zero-order valence-electron chi connectivity index (χ0n) is 15.1. The van der Waals surface area contributed by atoms with E-state index in [2.05, 4.69) is 10.1 Å². The molecule has 7 heteroatoms. The predicted molar refractivity (Wildman–Crippen MR) is 98.6 cm³/mol. The van der Waals surface area contributed by atoms with E-state index in [4.69, 9.17) is 14.0 Å². The van der Waals surface area contributed by atoms with E-state index in [0.717, 1.165) is 11.3 Å². The van der Waals surface area contributed by atoms with Crippen molar-refractivity contribution in [1.82, 2.24) is 10.1 Å². The van der Waals surface area contributed by atoms with E-state index < -0.39 is 6.10 Å². The zero-order chi connectivity index (χ0) is 18.8. The van der Waals surface area contributed by atoms with Crippen LogP contribution in [0.2, 0.25) is 0 Å². The molecule has 1 aliphatic rings. The second-order valence-corrected chi connectivity index (χ2v) is 6.12. The molecule has 0 N–H and O–H groups in total. The average molecular weight is 365 g/mol. The lowest BCUT2D eigenvalue weighted by atomic mass is 10.2. The van der Waals surface area contributed by atoms with Crippen molar-refractivity contribution in [3.8, 4) is 22.9 Å². The Balaban J connectivity index is 1.59. The number of carbonyl (C=O) groups excluding carboxylic acids is 1. The number of amides is 1. The Morgan fingerprint density at radius 1 is 1.19 bits per heavy atom. The lowest BCUT2D eigenvalue weighted by Crippen LogP contribution is -2.44. The summed E-state index contributed by atoms with van der Waals surface area (Å²) in [5.41, 5.74) is 1.48. The van der Waals surface area contributed by atoms with Crippen molar-refractivity contribution < 1.29 is 18.8 Å². The highest BCUT2D eigenvalue weighted by Gasteiger charge is 2.32. The highest BCUT2D eigenvalue weighted by molar-refractivity contribution is 5.99. The molecule has 7 nitrogen and oxygen atoms in total. The first-order chi connectivity index (χ1) is 13.2. The zero-order valence-corrected chi connectivity index (χ0v) is 15.1. The van der Waals surface area contributed by atoms with E-state index in [1.165, 1.54) is 0 Å². The molecule has 2 aromatic carbocycles. The number of aromatic nitrogens is 2. The summed E-state index contributed by atoms with van der Waals surface area (Å²) in [5.74, 6) is 2.06. The van der Waals surface area contributed by atoms with Crippen LogP contribution < -0.4 is 14.4 Å². The van der Waals surface area contributed by atoms with Crippen LogP contribution in [0.5, 0.6) is 11.5 Å². The summed E-state index contributed by atoms with van der Waals surface area (Å²) in [7, 11) is 0. The molecule has 4 rings (SSSR count). The quantitative estimate of drug-likeness (QED) is 0.689. The third-order valence-corrected chi connectivity index (χ3v) is 4.24. The van der Waals surface area contributed by atoms with Crippen molar-refractivity contribution in [3.63, 3.8) is 0 Å². The molecule has 0 saturated carbocycles. The molecule has 0 spiro atoms. The number of carbonyl (C=O) groups is 1. The maximum absolute atomic E-state index is 12.6.